The van der Waals surface area contributed by atoms with Crippen LogP contribution in [0, 0.1) is 0 Å². The second-order valence-corrected chi connectivity index (χ2v) is 7.99. The van der Waals surface area contributed by atoms with Crippen LogP contribution in [0.15, 0.2) is 60.7 Å². The number of benzene rings is 2. The van der Waals surface area contributed by atoms with E-state index in [0.717, 1.165) is 37.3 Å². The molecule has 2 aromatic carbocycles. The number of nitrogens with zero attached hydrogens (tertiary/aromatic N) is 2. The molecule has 1 atom stereocenters. The van der Waals surface area contributed by atoms with Gasteiger partial charge in [-0.1, -0.05) is 42.5 Å². The number of anilines is 1. The average Bonchev–Trinajstić information content (AvgIpc) is 3.46. The van der Waals surface area contributed by atoms with Gasteiger partial charge >= 0.3 is 0 Å². The monoisotopic (exact) mass is 403 g/mol. The molecule has 5 nitrogen and oxygen atoms in total. The molecule has 2 aliphatic heterocycles. The van der Waals surface area contributed by atoms with Crippen LogP contribution in [-0.2, 0) is 9.59 Å². The maximum atomic E-state index is 12.4. The quantitative estimate of drug-likeness (QED) is 0.716. The van der Waals surface area contributed by atoms with Gasteiger partial charge in [-0.25, -0.2) is 0 Å². The van der Waals surface area contributed by atoms with Crippen LogP contribution in [0.3, 0.4) is 0 Å². The Bertz CT molecular complexity index is 886. The molecule has 4 rings (SSSR count). The van der Waals surface area contributed by atoms with Crippen LogP contribution >= 0.6 is 0 Å². The molecule has 2 amide bonds. The van der Waals surface area contributed by atoms with Crippen molar-refractivity contribution in [2.75, 3.05) is 31.1 Å². The normalized spacial score (nSPS) is 18.3. The van der Waals surface area contributed by atoms with Gasteiger partial charge < -0.3 is 10.2 Å². The third kappa shape index (κ3) is 4.97. The summed E-state index contributed by atoms with van der Waals surface area (Å²) in [5.74, 6) is 0.0950. The maximum absolute atomic E-state index is 12.4. The molecule has 2 aliphatic rings. The van der Waals surface area contributed by atoms with Crippen molar-refractivity contribution < 1.29 is 9.59 Å². The van der Waals surface area contributed by atoms with Gasteiger partial charge in [0, 0.05) is 31.3 Å². The number of carbonyl (C=O) groups is 2. The van der Waals surface area contributed by atoms with Gasteiger partial charge in [-0.05, 0) is 61.7 Å². The second kappa shape index (κ2) is 9.72. The van der Waals surface area contributed by atoms with Gasteiger partial charge in [0.1, 0.15) is 0 Å². The molecule has 2 heterocycles. The van der Waals surface area contributed by atoms with Crippen LogP contribution in [0.25, 0.3) is 6.08 Å². The second-order valence-electron chi connectivity index (χ2n) is 7.99. The number of amides is 2. The van der Waals surface area contributed by atoms with Gasteiger partial charge in [-0.2, -0.15) is 0 Å². The van der Waals surface area contributed by atoms with Crippen LogP contribution < -0.4 is 10.2 Å². The zero-order valence-electron chi connectivity index (χ0n) is 17.3. The van der Waals surface area contributed by atoms with Crippen molar-refractivity contribution in [1.29, 1.82) is 0 Å². The highest BCUT2D eigenvalue weighted by Crippen LogP contribution is 2.24. The van der Waals surface area contributed by atoms with Gasteiger partial charge in [-0.15, -0.1) is 0 Å². The van der Waals surface area contributed by atoms with Crippen molar-refractivity contribution in [2.24, 2.45) is 0 Å². The van der Waals surface area contributed by atoms with Crippen LogP contribution in [0.4, 0.5) is 5.69 Å². The highest BCUT2D eigenvalue weighted by molar-refractivity contribution is 5.95. The number of likely N-dealkylation sites (tertiary alicyclic amines) is 1. The Morgan fingerprint density at radius 3 is 2.37 bits per heavy atom. The van der Waals surface area contributed by atoms with Gasteiger partial charge in [-0.3, -0.25) is 14.5 Å². The van der Waals surface area contributed by atoms with E-state index < -0.39 is 0 Å². The van der Waals surface area contributed by atoms with Gasteiger partial charge in [0.05, 0.1) is 6.04 Å². The fraction of sp³-hybridized carbons (Fsp3) is 0.360. The molecule has 2 saturated heterocycles. The highest BCUT2D eigenvalue weighted by Gasteiger charge is 2.23. The standard InChI is InChI=1S/C25H29N3O2/c29-24(15-12-20-10-13-22(14-11-20)28-18-6-9-25(28)30)26-19-23(27-16-4-5-17-27)21-7-2-1-3-8-21/h1-3,7-8,10-15,23H,4-6,9,16-19H2,(H,26,29). The Labute approximate surface area is 178 Å². The molecule has 1 N–H and O–H groups in total. The molecule has 0 radical (unpaired) electrons. The first-order chi connectivity index (χ1) is 14.7. The van der Waals surface area contributed by atoms with E-state index in [2.05, 4.69) is 34.5 Å². The van der Waals surface area contributed by atoms with E-state index >= 15 is 0 Å². The summed E-state index contributed by atoms with van der Waals surface area (Å²) >= 11 is 0. The first-order valence-corrected chi connectivity index (χ1v) is 10.9. The third-order valence-corrected chi connectivity index (χ3v) is 5.94. The third-order valence-electron chi connectivity index (χ3n) is 5.94. The summed E-state index contributed by atoms with van der Waals surface area (Å²) in [6, 6.07) is 18.4. The minimum absolute atomic E-state index is 0.0890. The predicted octanol–water partition coefficient (Wildman–Crippen LogP) is 3.78. The van der Waals surface area contributed by atoms with E-state index in [-0.39, 0.29) is 17.9 Å². The molecule has 0 bridgehead atoms. The molecule has 0 aromatic heterocycles. The van der Waals surface area contributed by atoms with E-state index in [1.54, 1.807) is 6.08 Å². The zero-order valence-corrected chi connectivity index (χ0v) is 17.3. The molecule has 1 unspecified atom stereocenters. The number of carbonyl (C=O) groups excluding carboxylic acids is 2. The molecule has 0 spiro atoms. The molecule has 0 saturated carbocycles. The van der Waals surface area contributed by atoms with Crippen molar-refractivity contribution in [3.05, 3.63) is 71.8 Å². The number of hydrogen-bond acceptors (Lipinski definition) is 3. The molecular weight excluding hydrogens is 374 g/mol. The molecule has 2 fully saturated rings. The van der Waals surface area contributed by atoms with E-state index in [1.807, 2.05) is 41.3 Å². The Balaban J connectivity index is 1.34. The topological polar surface area (TPSA) is 52.7 Å². The van der Waals surface area contributed by atoms with Crippen LogP contribution in [0.2, 0.25) is 0 Å². The lowest BCUT2D eigenvalue weighted by atomic mass is 10.1. The average molecular weight is 404 g/mol. The number of nitrogens with one attached hydrogen (secondary N) is 1. The van der Waals surface area contributed by atoms with E-state index in [1.165, 1.54) is 18.4 Å². The SMILES string of the molecule is O=C(C=Cc1ccc(N2CCCC2=O)cc1)NCC(c1ccccc1)N1CCCC1. The Kier molecular flexibility index (Phi) is 6.60. The van der Waals surface area contributed by atoms with E-state index in [0.29, 0.717) is 13.0 Å². The number of rotatable bonds is 7. The summed E-state index contributed by atoms with van der Waals surface area (Å²) < 4.78 is 0. The lowest BCUT2D eigenvalue weighted by Gasteiger charge is -2.28. The fourth-order valence-corrected chi connectivity index (χ4v) is 4.30. The minimum atomic E-state index is -0.0890. The summed E-state index contributed by atoms with van der Waals surface area (Å²) in [6.45, 7) is 3.55. The Morgan fingerprint density at radius 2 is 1.70 bits per heavy atom. The van der Waals surface area contributed by atoms with Crippen molar-refractivity contribution in [2.45, 2.75) is 31.7 Å². The summed E-state index contributed by atoms with van der Waals surface area (Å²) in [4.78, 5) is 28.5. The molecule has 156 valence electrons. The smallest absolute Gasteiger partial charge is 0.244 e. The predicted molar refractivity (Wildman–Crippen MR) is 120 cm³/mol. The van der Waals surface area contributed by atoms with Crippen molar-refractivity contribution in [3.8, 4) is 0 Å². The van der Waals surface area contributed by atoms with E-state index in [4.69, 9.17) is 0 Å². The van der Waals surface area contributed by atoms with Crippen molar-refractivity contribution >= 4 is 23.6 Å². The molecular formula is C25H29N3O2. The lowest BCUT2D eigenvalue weighted by Crippen LogP contribution is -2.36. The fourth-order valence-electron chi connectivity index (χ4n) is 4.30. The van der Waals surface area contributed by atoms with Crippen LogP contribution in [0.1, 0.15) is 42.9 Å². The summed E-state index contributed by atoms with van der Waals surface area (Å²) in [7, 11) is 0. The molecule has 0 aliphatic carbocycles. The molecule has 30 heavy (non-hydrogen) atoms. The highest BCUT2D eigenvalue weighted by atomic mass is 16.2. The number of hydrogen-bond donors (Lipinski definition) is 1. The Hall–Kier alpha value is -2.92. The summed E-state index contributed by atoms with van der Waals surface area (Å²) in [5.41, 5.74) is 3.12. The van der Waals surface area contributed by atoms with Gasteiger partial charge in [0.25, 0.3) is 0 Å². The van der Waals surface area contributed by atoms with Gasteiger partial charge in [0.15, 0.2) is 0 Å². The largest absolute Gasteiger partial charge is 0.351 e. The van der Waals surface area contributed by atoms with Crippen molar-refractivity contribution in [1.82, 2.24) is 10.2 Å². The molecule has 2 aromatic rings. The lowest BCUT2D eigenvalue weighted by molar-refractivity contribution is -0.117. The maximum Gasteiger partial charge on any atom is 0.244 e. The van der Waals surface area contributed by atoms with Gasteiger partial charge in [0.2, 0.25) is 11.8 Å². The van der Waals surface area contributed by atoms with Crippen LogP contribution in [-0.4, -0.2) is 42.9 Å². The Morgan fingerprint density at radius 1 is 0.967 bits per heavy atom. The first-order valence-electron chi connectivity index (χ1n) is 10.9. The van der Waals surface area contributed by atoms with E-state index in [9.17, 15) is 9.59 Å². The molecule has 5 heteroatoms. The van der Waals surface area contributed by atoms with Crippen molar-refractivity contribution in [3.63, 3.8) is 0 Å². The summed E-state index contributed by atoms with van der Waals surface area (Å²) in [5, 5.41) is 3.07. The first kappa shape index (κ1) is 20.4. The minimum Gasteiger partial charge on any atom is -0.351 e. The zero-order chi connectivity index (χ0) is 20.8. The van der Waals surface area contributed by atoms with Crippen LogP contribution in [0.5, 0.6) is 0 Å². The summed E-state index contributed by atoms with van der Waals surface area (Å²) in [6.07, 6.45) is 7.39.